The van der Waals surface area contributed by atoms with Gasteiger partial charge in [-0.15, -0.1) is 11.3 Å². The molecule has 0 unspecified atom stereocenters. The van der Waals surface area contributed by atoms with Crippen LogP contribution in [0.2, 0.25) is 0 Å². The van der Waals surface area contributed by atoms with Crippen LogP contribution in [0.5, 0.6) is 5.75 Å². The third-order valence-electron chi connectivity index (χ3n) is 4.34. The Morgan fingerprint density at radius 1 is 1.14 bits per heavy atom. The summed E-state index contributed by atoms with van der Waals surface area (Å²) in [6, 6.07) is 13.4. The van der Waals surface area contributed by atoms with Crippen molar-refractivity contribution >= 4 is 43.0 Å². The number of nitrogens with one attached hydrogen (secondary N) is 1. The van der Waals surface area contributed by atoms with E-state index in [9.17, 15) is 13.2 Å². The van der Waals surface area contributed by atoms with Gasteiger partial charge in [-0.05, 0) is 60.3 Å². The van der Waals surface area contributed by atoms with Crippen molar-refractivity contribution in [3.63, 3.8) is 0 Å². The van der Waals surface area contributed by atoms with E-state index in [-0.39, 0.29) is 10.8 Å². The van der Waals surface area contributed by atoms with Crippen LogP contribution in [-0.4, -0.2) is 35.0 Å². The minimum atomic E-state index is -3.71. The zero-order valence-corrected chi connectivity index (χ0v) is 17.6. The lowest BCUT2D eigenvalue weighted by Crippen LogP contribution is -2.26. The van der Waals surface area contributed by atoms with Crippen LogP contribution >= 0.6 is 11.3 Å². The molecule has 0 aliphatic heterocycles. The van der Waals surface area contributed by atoms with Gasteiger partial charge in [0.05, 0.1) is 22.6 Å². The molecular weight excluding hydrogens is 396 g/mol. The number of sulfonamides is 1. The maximum atomic E-state index is 12.9. The highest BCUT2D eigenvalue weighted by atomic mass is 32.2. The Kier molecular flexibility index (Phi) is 5.90. The SMILES string of the molecule is CCCNC(=O)c1cc2cc(N(C)S(=O)(=O)c3ccc(OC)cc3)ccc2s1. The lowest BCUT2D eigenvalue weighted by Gasteiger charge is -2.19. The molecule has 1 heterocycles. The number of amides is 1. The van der Waals surface area contributed by atoms with Crippen LogP contribution in [0.15, 0.2) is 53.4 Å². The van der Waals surface area contributed by atoms with Gasteiger partial charge < -0.3 is 10.1 Å². The minimum absolute atomic E-state index is 0.108. The second kappa shape index (κ2) is 8.20. The standard InChI is InChI=1S/C20H22N2O4S2/c1-4-11-21-20(23)19-13-14-12-15(5-10-18(14)27-19)22(2)28(24,25)17-8-6-16(26-3)7-9-17/h5-10,12-13H,4,11H2,1-3H3,(H,21,23). The van der Waals surface area contributed by atoms with Crippen molar-refractivity contribution in [1.29, 1.82) is 0 Å². The second-order valence-electron chi connectivity index (χ2n) is 6.24. The van der Waals surface area contributed by atoms with Gasteiger partial charge in [0, 0.05) is 18.3 Å². The molecule has 0 radical (unpaired) electrons. The highest BCUT2D eigenvalue weighted by Crippen LogP contribution is 2.31. The summed E-state index contributed by atoms with van der Waals surface area (Å²) < 4.78 is 33.1. The van der Waals surface area contributed by atoms with E-state index in [0.29, 0.717) is 22.9 Å². The lowest BCUT2D eigenvalue weighted by molar-refractivity contribution is 0.0957. The number of ether oxygens (including phenoxy) is 1. The maximum absolute atomic E-state index is 12.9. The molecule has 8 heteroatoms. The Morgan fingerprint density at radius 3 is 2.50 bits per heavy atom. The molecule has 0 saturated carbocycles. The molecule has 148 valence electrons. The van der Waals surface area contributed by atoms with E-state index in [1.165, 1.54) is 41.9 Å². The van der Waals surface area contributed by atoms with E-state index < -0.39 is 10.0 Å². The third-order valence-corrected chi connectivity index (χ3v) is 7.26. The highest BCUT2D eigenvalue weighted by Gasteiger charge is 2.22. The van der Waals surface area contributed by atoms with E-state index >= 15 is 0 Å². The zero-order chi connectivity index (χ0) is 20.3. The fraction of sp³-hybridized carbons (Fsp3) is 0.250. The van der Waals surface area contributed by atoms with Crippen molar-refractivity contribution in [3.8, 4) is 5.75 Å². The van der Waals surface area contributed by atoms with E-state index in [1.807, 2.05) is 13.0 Å². The molecule has 0 fully saturated rings. The van der Waals surface area contributed by atoms with Gasteiger partial charge in [-0.1, -0.05) is 6.92 Å². The number of rotatable bonds is 7. The van der Waals surface area contributed by atoms with E-state index in [2.05, 4.69) is 5.32 Å². The zero-order valence-electron chi connectivity index (χ0n) is 15.9. The fourth-order valence-electron chi connectivity index (χ4n) is 2.71. The number of methoxy groups -OCH3 is 1. The van der Waals surface area contributed by atoms with Crippen molar-refractivity contribution in [3.05, 3.63) is 53.4 Å². The van der Waals surface area contributed by atoms with Gasteiger partial charge >= 0.3 is 0 Å². The summed E-state index contributed by atoms with van der Waals surface area (Å²) >= 11 is 1.39. The van der Waals surface area contributed by atoms with Gasteiger partial charge in [-0.3, -0.25) is 9.10 Å². The predicted molar refractivity (Wildman–Crippen MR) is 113 cm³/mol. The average Bonchev–Trinajstić information content (AvgIpc) is 3.14. The summed E-state index contributed by atoms with van der Waals surface area (Å²) in [6.07, 6.45) is 0.870. The fourth-order valence-corrected chi connectivity index (χ4v) is 4.86. The number of anilines is 1. The quantitative estimate of drug-likeness (QED) is 0.632. The normalized spacial score (nSPS) is 11.4. The Morgan fingerprint density at radius 2 is 1.86 bits per heavy atom. The molecule has 6 nitrogen and oxygen atoms in total. The number of carbonyl (C=O) groups is 1. The van der Waals surface area contributed by atoms with Crippen molar-refractivity contribution in [2.75, 3.05) is 25.0 Å². The number of benzene rings is 2. The van der Waals surface area contributed by atoms with Gasteiger partial charge in [-0.2, -0.15) is 0 Å². The van der Waals surface area contributed by atoms with Crippen LogP contribution in [0.25, 0.3) is 10.1 Å². The van der Waals surface area contributed by atoms with Crippen LogP contribution in [0, 0.1) is 0 Å². The third kappa shape index (κ3) is 3.98. The molecule has 0 aliphatic rings. The summed E-state index contributed by atoms with van der Waals surface area (Å²) in [5.74, 6) is 0.485. The summed E-state index contributed by atoms with van der Waals surface area (Å²) in [4.78, 5) is 13.0. The van der Waals surface area contributed by atoms with Gasteiger partial charge in [0.1, 0.15) is 5.75 Å². The Balaban J connectivity index is 1.90. The first-order valence-electron chi connectivity index (χ1n) is 8.81. The molecular formula is C20H22N2O4S2. The Hall–Kier alpha value is -2.58. The largest absolute Gasteiger partial charge is 0.497 e. The van der Waals surface area contributed by atoms with Gasteiger partial charge in [0.15, 0.2) is 0 Å². The Bertz CT molecular complexity index is 1090. The molecule has 3 rings (SSSR count). The summed E-state index contributed by atoms with van der Waals surface area (Å²) in [5, 5.41) is 3.69. The lowest BCUT2D eigenvalue weighted by atomic mass is 10.2. The minimum Gasteiger partial charge on any atom is -0.497 e. The topological polar surface area (TPSA) is 75.7 Å². The Labute approximate surface area is 168 Å². The first kappa shape index (κ1) is 20.2. The second-order valence-corrected chi connectivity index (χ2v) is 9.29. The number of thiophene rings is 1. The number of hydrogen-bond donors (Lipinski definition) is 1. The first-order valence-corrected chi connectivity index (χ1v) is 11.1. The monoisotopic (exact) mass is 418 g/mol. The number of carbonyl (C=O) groups excluding carboxylic acids is 1. The van der Waals surface area contributed by atoms with E-state index in [0.717, 1.165) is 16.5 Å². The molecule has 2 aromatic carbocycles. The van der Waals surface area contributed by atoms with Gasteiger partial charge in [0.2, 0.25) is 0 Å². The molecule has 1 amide bonds. The van der Waals surface area contributed by atoms with Crippen molar-refractivity contribution < 1.29 is 17.9 Å². The van der Waals surface area contributed by atoms with Crippen molar-refractivity contribution in [2.45, 2.75) is 18.2 Å². The van der Waals surface area contributed by atoms with Gasteiger partial charge in [0.25, 0.3) is 15.9 Å². The number of nitrogens with zero attached hydrogens (tertiary/aromatic N) is 1. The molecule has 0 spiro atoms. The molecule has 0 aliphatic carbocycles. The maximum Gasteiger partial charge on any atom is 0.264 e. The summed E-state index contributed by atoms with van der Waals surface area (Å²) in [5.41, 5.74) is 0.529. The van der Waals surface area contributed by atoms with Crippen LogP contribution < -0.4 is 14.4 Å². The summed E-state index contributed by atoms with van der Waals surface area (Å²) in [7, 11) is -0.659. The molecule has 28 heavy (non-hydrogen) atoms. The van der Waals surface area contributed by atoms with Crippen LogP contribution in [0.4, 0.5) is 5.69 Å². The highest BCUT2D eigenvalue weighted by molar-refractivity contribution is 7.92. The van der Waals surface area contributed by atoms with Crippen LogP contribution in [0.1, 0.15) is 23.0 Å². The van der Waals surface area contributed by atoms with Crippen molar-refractivity contribution in [2.24, 2.45) is 0 Å². The summed E-state index contributed by atoms with van der Waals surface area (Å²) in [6.45, 7) is 2.62. The number of hydrogen-bond acceptors (Lipinski definition) is 5. The smallest absolute Gasteiger partial charge is 0.264 e. The van der Waals surface area contributed by atoms with Crippen LogP contribution in [-0.2, 0) is 10.0 Å². The van der Waals surface area contributed by atoms with E-state index in [1.54, 1.807) is 30.3 Å². The number of fused-ring (bicyclic) bond motifs is 1. The van der Waals surface area contributed by atoms with Crippen molar-refractivity contribution in [1.82, 2.24) is 5.32 Å². The molecule has 0 saturated heterocycles. The molecule has 1 aromatic heterocycles. The predicted octanol–water partition coefficient (Wildman–Crippen LogP) is 3.87. The van der Waals surface area contributed by atoms with Gasteiger partial charge in [-0.25, -0.2) is 8.42 Å². The average molecular weight is 419 g/mol. The molecule has 0 bridgehead atoms. The molecule has 3 aromatic rings. The van der Waals surface area contributed by atoms with Crippen LogP contribution in [0.3, 0.4) is 0 Å². The molecule has 1 N–H and O–H groups in total. The molecule has 0 atom stereocenters. The first-order chi connectivity index (χ1) is 13.4. The van der Waals surface area contributed by atoms with E-state index in [4.69, 9.17) is 4.74 Å².